The van der Waals surface area contributed by atoms with Crippen LogP contribution < -0.4 is 4.90 Å². The quantitative estimate of drug-likeness (QED) is 0.605. The van der Waals surface area contributed by atoms with Crippen molar-refractivity contribution in [2.24, 2.45) is 0 Å². The van der Waals surface area contributed by atoms with E-state index in [-0.39, 0.29) is 10.8 Å². The number of rotatable bonds is 7. The van der Waals surface area contributed by atoms with Crippen molar-refractivity contribution in [1.82, 2.24) is 14.1 Å². The van der Waals surface area contributed by atoms with Crippen LogP contribution in [-0.2, 0) is 16.4 Å². The molecule has 184 valence electrons. The van der Waals surface area contributed by atoms with Gasteiger partial charge in [-0.05, 0) is 49.4 Å². The van der Waals surface area contributed by atoms with Crippen molar-refractivity contribution in [2.45, 2.75) is 30.6 Å². The summed E-state index contributed by atoms with van der Waals surface area (Å²) in [5, 5.41) is 0. The number of piperazine rings is 1. The molecule has 2 aliphatic rings. The summed E-state index contributed by atoms with van der Waals surface area (Å²) >= 11 is 0. The highest BCUT2D eigenvalue weighted by molar-refractivity contribution is 7.89. The third-order valence-corrected chi connectivity index (χ3v) is 8.70. The Morgan fingerprint density at radius 3 is 2.21 bits per heavy atom. The van der Waals surface area contributed by atoms with E-state index < -0.39 is 10.0 Å². The standard InChI is InChI=1S/C26H36N4O3S/c1-27(2)34(32,33)23-11-12-25(29-14-7-4-8-15-29)24(21-23)26(31)30-19-17-28(18-20-30)16-13-22-9-5-3-6-10-22/h3,5-6,9-12,21H,4,7-8,13-20H2,1-2H3. The molecule has 4 rings (SSSR count). The predicted molar refractivity (Wildman–Crippen MR) is 136 cm³/mol. The fourth-order valence-electron chi connectivity index (χ4n) is 4.75. The van der Waals surface area contributed by atoms with Gasteiger partial charge in [-0.1, -0.05) is 30.3 Å². The van der Waals surface area contributed by atoms with Crippen LogP contribution in [0, 0.1) is 0 Å². The molecule has 2 heterocycles. The summed E-state index contributed by atoms with van der Waals surface area (Å²) in [6.45, 7) is 5.72. The van der Waals surface area contributed by atoms with E-state index in [4.69, 9.17) is 0 Å². The molecule has 34 heavy (non-hydrogen) atoms. The number of sulfonamides is 1. The Bertz CT molecular complexity index is 1070. The fourth-order valence-corrected chi connectivity index (χ4v) is 5.67. The number of benzene rings is 2. The van der Waals surface area contributed by atoms with E-state index in [0.717, 1.165) is 57.7 Å². The average Bonchev–Trinajstić information content (AvgIpc) is 2.88. The maximum Gasteiger partial charge on any atom is 0.256 e. The highest BCUT2D eigenvalue weighted by Crippen LogP contribution is 2.29. The molecule has 2 aromatic rings. The van der Waals surface area contributed by atoms with Gasteiger partial charge in [-0.15, -0.1) is 0 Å². The topological polar surface area (TPSA) is 64.2 Å². The number of piperidine rings is 1. The first kappa shape index (κ1) is 24.7. The van der Waals surface area contributed by atoms with Gasteiger partial charge in [0, 0.05) is 65.6 Å². The van der Waals surface area contributed by atoms with Crippen LogP contribution in [0.1, 0.15) is 35.2 Å². The summed E-state index contributed by atoms with van der Waals surface area (Å²) < 4.78 is 26.8. The summed E-state index contributed by atoms with van der Waals surface area (Å²) in [4.78, 5) is 20.4. The van der Waals surface area contributed by atoms with E-state index in [9.17, 15) is 13.2 Å². The highest BCUT2D eigenvalue weighted by Gasteiger charge is 2.28. The van der Waals surface area contributed by atoms with Gasteiger partial charge in [0.25, 0.3) is 5.91 Å². The van der Waals surface area contributed by atoms with Gasteiger partial charge < -0.3 is 9.80 Å². The smallest absolute Gasteiger partial charge is 0.256 e. The number of carbonyl (C=O) groups excluding carboxylic acids is 1. The Morgan fingerprint density at radius 2 is 1.56 bits per heavy atom. The first-order valence-electron chi connectivity index (χ1n) is 12.2. The lowest BCUT2D eigenvalue weighted by Gasteiger charge is -2.36. The van der Waals surface area contributed by atoms with Crippen molar-refractivity contribution < 1.29 is 13.2 Å². The van der Waals surface area contributed by atoms with Gasteiger partial charge in [0.1, 0.15) is 0 Å². The Kier molecular flexibility index (Phi) is 7.91. The Labute approximate surface area is 204 Å². The molecule has 8 heteroatoms. The first-order valence-corrected chi connectivity index (χ1v) is 13.7. The van der Waals surface area contributed by atoms with E-state index >= 15 is 0 Å². The maximum absolute atomic E-state index is 13.7. The maximum atomic E-state index is 13.7. The number of carbonyl (C=O) groups is 1. The van der Waals surface area contributed by atoms with Gasteiger partial charge in [-0.2, -0.15) is 0 Å². The van der Waals surface area contributed by atoms with Gasteiger partial charge in [0.15, 0.2) is 0 Å². The average molecular weight is 485 g/mol. The summed E-state index contributed by atoms with van der Waals surface area (Å²) in [7, 11) is -0.582. The highest BCUT2D eigenvalue weighted by atomic mass is 32.2. The Hall–Kier alpha value is -2.42. The molecule has 0 aliphatic carbocycles. The minimum atomic E-state index is -3.62. The molecule has 0 N–H and O–H groups in total. The van der Waals surface area contributed by atoms with E-state index in [1.54, 1.807) is 12.1 Å². The molecule has 2 aromatic carbocycles. The van der Waals surface area contributed by atoms with Gasteiger partial charge in [-0.3, -0.25) is 9.69 Å². The molecular weight excluding hydrogens is 448 g/mol. The van der Waals surface area contributed by atoms with Crippen molar-refractivity contribution in [3.8, 4) is 0 Å². The van der Waals surface area contributed by atoms with Gasteiger partial charge in [0.2, 0.25) is 10.0 Å². The number of nitrogens with zero attached hydrogens (tertiary/aromatic N) is 4. The minimum Gasteiger partial charge on any atom is -0.371 e. The Balaban J connectivity index is 1.49. The van der Waals surface area contributed by atoms with Crippen LogP contribution in [0.15, 0.2) is 53.4 Å². The number of amides is 1. The molecule has 0 radical (unpaired) electrons. The molecule has 2 aliphatic heterocycles. The van der Waals surface area contributed by atoms with Gasteiger partial charge >= 0.3 is 0 Å². The minimum absolute atomic E-state index is 0.0703. The second-order valence-corrected chi connectivity index (χ2v) is 11.5. The number of hydrogen-bond donors (Lipinski definition) is 0. The van der Waals surface area contributed by atoms with Crippen LogP contribution in [0.2, 0.25) is 0 Å². The normalized spacial score (nSPS) is 17.9. The van der Waals surface area contributed by atoms with Gasteiger partial charge in [0.05, 0.1) is 10.5 Å². The zero-order valence-electron chi connectivity index (χ0n) is 20.3. The predicted octanol–water partition coefficient (Wildman–Crippen LogP) is 2.93. The molecule has 7 nitrogen and oxygen atoms in total. The van der Waals surface area contributed by atoms with Crippen LogP contribution in [0.5, 0.6) is 0 Å². The van der Waals surface area contributed by atoms with E-state index in [1.165, 1.54) is 30.4 Å². The molecule has 2 saturated heterocycles. The largest absolute Gasteiger partial charge is 0.371 e. The van der Waals surface area contributed by atoms with E-state index in [1.807, 2.05) is 17.0 Å². The Morgan fingerprint density at radius 1 is 0.882 bits per heavy atom. The molecule has 1 amide bonds. The lowest BCUT2D eigenvalue weighted by Crippen LogP contribution is -2.49. The lowest BCUT2D eigenvalue weighted by atomic mass is 10.1. The fraction of sp³-hybridized carbons (Fsp3) is 0.500. The van der Waals surface area contributed by atoms with Crippen molar-refractivity contribution in [3.05, 3.63) is 59.7 Å². The summed E-state index contributed by atoms with van der Waals surface area (Å²) in [6.07, 6.45) is 4.37. The van der Waals surface area contributed by atoms with Crippen LogP contribution in [0.4, 0.5) is 5.69 Å². The van der Waals surface area contributed by atoms with Crippen molar-refractivity contribution in [2.75, 3.05) is 64.8 Å². The third-order valence-electron chi connectivity index (χ3n) is 6.89. The monoisotopic (exact) mass is 484 g/mol. The van der Waals surface area contributed by atoms with Crippen LogP contribution in [0.25, 0.3) is 0 Å². The van der Waals surface area contributed by atoms with Crippen molar-refractivity contribution >= 4 is 21.6 Å². The van der Waals surface area contributed by atoms with Crippen LogP contribution in [0.3, 0.4) is 0 Å². The summed E-state index contributed by atoms with van der Waals surface area (Å²) in [5.74, 6) is -0.0703. The molecule has 0 bridgehead atoms. The second-order valence-electron chi connectivity index (χ2n) is 9.38. The van der Waals surface area contributed by atoms with Crippen LogP contribution in [-0.4, -0.2) is 88.3 Å². The van der Waals surface area contributed by atoms with Crippen molar-refractivity contribution in [1.29, 1.82) is 0 Å². The van der Waals surface area contributed by atoms with Gasteiger partial charge in [-0.25, -0.2) is 12.7 Å². The van der Waals surface area contributed by atoms with E-state index in [0.29, 0.717) is 18.7 Å². The SMILES string of the molecule is CN(C)S(=O)(=O)c1ccc(N2CCCCC2)c(C(=O)N2CCN(CCc3ccccc3)CC2)c1. The molecule has 2 fully saturated rings. The summed E-state index contributed by atoms with van der Waals surface area (Å²) in [5.41, 5.74) is 2.68. The molecule has 0 spiro atoms. The summed E-state index contributed by atoms with van der Waals surface area (Å²) in [6, 6.07) is 15.5. The molecular formula is C26H36N4O3S. The zero-order valence-corrected chi connectivity index (χ0v) is 21.1. The number of anilines is 1. The molecule has 0 atom stereocenters. The molecule has 0 unspecified atom stereocenters. The number of hydrogen-bond acceptors (Lipinski definition) is 5. The first-order chi connectivity index (χ1) is 16.4. The lowest BCUT2D eigenvalue weighted by molar-refractivity contribution is 0.0639. The zero-order chi connectivity index (χ0) is 24.1. The van der Waals surface area contributed by atoms with Crippen LogP contribution >= 0.6 is 0 Å². The second kappa shape index (κ2) is 10.9. The molecule has 0 aromatic heterocycles. The molecule has 0 saturated carbocycles. The van der Waals surface area contributed by atoms with Crippen molar-refractivity contribution in [3.63, 3.8) is 0 Å². The van der Waals surface area contributed by atoms with E-state index in [2.05, 4.69) is 34.1 Å². The third kappa shape index (κ3) is 5.62.